The average molecular weight is 300 g/mol. The standard InChI is InChI=1S/C16H16N2O4/c17-10-12-4-1-2-5-14(12)21-11-13-6-7-15(22-13)16(20)18-8-3-9-19/h1-2,4-7,19H,3,8-9,11H2,(H,18,20). The van der Waals surface area contributed by atoms with Crippen LogP contribution >= 0.6 is 0 Å². The molecule has 2 N–H and O–H groups in total. The molecule has 0 spiro atoms. The molecular weight excluding hydrogens is 284 g/mol. The van der Waals surface area contributed by atoms with E-state index in [1.54, 1.807) is 36.4 Å². The van der Waals surface area contributed by atoms with Gasteiger partial charge in [-0.3, -0.25) is 4.79 Å². The molecule has 2 rings (SSSR count). The summed E-state index contributed by atoms with van der Waals surface area (Å²) in [4.78, 5) is 11.7. The number of amides is 1. The molecule has 0 atom stereocenters. The number of benzene rings is 1. The van der Waals surface area contributed by atoms with Crippen LogP contribution in [0.1, 0.15) is 28.3 Å². The van der Waals surface area contributed by atoms with Gasteiger partial charge in [-0.25, -0.2) is 0 Å². The fourth-order valence-electron chi connectivity index (χ4n) is 1.78. The maximum Gasteiger partial charge on any atom is 0.286 e. The smallest absolute Gasteiger partial charge is 0.286 e. The Morgan fingerprint density at radius 2 is 2.14 bits per heavy atom. The molecule has 1 heterocycles. The topological polar surface area (TPSA) is 95.5 Å². The Labute approximate surface area is 127 Å². The summed E-state index contributed by atoms with van der Waals surface area (Å²) in [7, 11) is 0. The molecule has 0 radical (unpaired) electrons. The minimum atomic E-state index is -0.336. The van der Waals surface area contributed by atoms with Crippen molar-refractivity contribution in [3.63, 3.8) is 0 Å². The molecule has 0 aliphatic carbocycles. The Kier molecular flexibility index (Phi) is 5.57. The zero-order valence-electron chi connectivity index (χ0n) is 11.9. The van der Waals surface area contributed by atoms with Crippen LogP contribution < -0.4 is 10.1 Å². The van der Waals surface area contributed by atoms with Crippen LogP contribution in [0.2, 0.25) is 0 Å². The Balaban J connectivity index is 1.92. The lowest BCUT2D eigenvalue weighted by molar-refractivity contribution is 0.0919. The number of ether oxygens (including phenoxy) is 1. The van der Waals surface area contributed by atoms with E-state index in [0.29, 0.717) is 30.0 Å². The molecule has 0 saturated carbocycles. The van der Waals surface area contributed by atoms with Crippen molar-refractivity contribution in [3.8, 4) is 11.8 Å². The lowest BCUT2D eigenvalue weighted by atomic mass is 10.2. The Hall–Kier alpha value is -2.78. The Morgan fingerprint density at radius 1 is 1.32 bits per heavy atom. The molecule has 0 aliphatic rings. The van der Waals surface area contributed by atoms with Crippen molar-refractivity contribution in [2.75, 3.05) is 13.2 Å². The summed E-state index contributed by atoms with van der Waals surface area (Å²) in [6.07, 6.45) is 0.493. The van der Waals surface area contributed by atoms with E-state index in [-0.39, 0.29) is 24.9 Å². The van der Waals surface area contributed by atoms with Crippen LogP contribution in [-0.2, 0) is 6.61 Å². The van der Waals surface area contributed by atoms with Gasteiger partial charge in [-0.1, -0.05) is 12.1 Å². The van der Waals surface area contributed by atoms with Gasteiger partial charge in [-0.2, -0.15) is 5.26 Å². The number of nitrogens with one attached hydrogen (secondary N) is 1. The predicted octanol–water partition coefficient (Wildman–Crippen LogP) is 1.84. The number of aliphatic hydroxyl groups is 1. The number of carbonyl (C=O) groups excluding carboxylic acids is 1. The molecule has 1 aromatic heterocycles. The number of para-hydroxylation sites is 1. The molecule has 2 aromatic rings. The molecule has 6 nitrogen and oxygen atoms in total. The van der Waals surface area contributed by atoms with Crippen LogP contribution in [0.3, 0.4) is 0 Å². The minimum Gasteiger partial charge on any atom is -0.484 e. The van der Waals surface area contributed by atoms with Gasteiger partial charge in [-0.15, -0.1) is 0 Å². The first kappa shape index (κ1) is 15.6. The van der Waals surface area contributed by atoms with Gasteiger partial charge in [-0.05, 0) is 30.7 Å². The van der Waals surface area contributed by atoms with Crippen LogP contribution in [-0.4, -0.2) is 24.2 Å². The second-order valence-corrected chi connectivity index (χ2v) is 4.50. The highest BCUT2D eigenvalue weighted by Gasteiger charge is 2.11. The van der Waals surface area contributed by atoms with E-state index < -0.39 is 0 Å². The third-order valence-electron chi connectivity index (χ3n) is 2.88. The first-order valence-electron chi connectivity index (χ1n) is 6.84. The molecule has 0 unspecified atom stereocenters. The van der Waals surface area contributed by atoms with Crippen molar-refractivity contribution >= 4 is 5.91 Å². The first-order chi connectivity index (χ1) is 10.7. The molecular formula is C16H16N2O4. The Morgan fingerprint density at radius 3 is 2.91 bits per heavy atom. The number of nitriles is 1. The van der Waals surface area contributed by atoms with Gasteiger partial charge in [0.25, 0.3) is 5.91 Å². The number of furan rings is 1. The fourth-order valence-corrected chi connectivity index (χ4v) is 1.78. The van der Waals surface area contributed by atoms with Crippen molar-refractivity contribution in [1.82, 2.24) is 5.32 Å². The third-order valence-corrected chi connectivity index (χ3v) is 2.88. The van der Waals surface area contributed by atoms with E-state index in [0.717, 1.165) is 0 Å². The van der Waals surface area contributed by atoms with E-state index in [1.807, 2.05) is 6.07 Å². The van der Waals surface area contributed by atoms with Crippen molar-refractivity contribution in [2.24, 2.45) is 0 Å². The molecule has 22 heavy (non-hydrogen) atoms. The van der Waals surface area contributed by atoms with Gasteiger partial charge in [0.15, 0.2) is 5.76 Å². The van der Waals surface area contributed by atoms with E-state index in [4.69, 9.17) is 19.5 Å². The maximum absolute atomic E-state index is 11.7. The van der Waals surface area contributed by atoms with Gasteiger partial charge in [0.1, 0.15) is 24.2 Å². The van der Waals surface area contributed by atoms with Crippen molar-refractivity contribution < 1.29 is 19.1 Å². The second-order valence-electron chi connectivity index (χ2n) is 4.50. The Bertz CT molecular complexity index is 673. The van der Waals surface area contributed by atoms with Crippen LogP contribution in [0, 0.1) is 11.3 Å². The summed E-state index contributed by atoms with van der Waals surface area (Å²) in [5.41, 5.74) is 0.441. The van der Waals surface area contributed by atoms with Crippen LogP contribution in [0.5, 0.6) is 5.75 Å². The molecule has 0 bridgehead atoms. The van der Waals surface area contributed by atoms with E-state index >= 15 is 0 Å². The number of rotatable bonds is 7. The number of nitrogens with zero attached hydrogens (tertiary/aromatic N) is 1. The lowest BCUT2D eigenvalue weighted by Crippen LogP contribution is -2.24. The van der Waals surface area contributed by atoms with Gasteiger partial charge in [0.05, 0.1) is 5.56 Å². The first-order valence-corrected chi connectivity index (χ1v) is 6.84. The number of hydrogen-bond acceptors (Lipinski definition) is 5. The fraction of sp³-hybridized carbons (Fsp3) is 0.250. The molecule has 0 fully saturated rings. The lowest BCUT2D eigenvalue weighted by Gasteiger charge is -2.05. The summed E-state index contributed by atoms with van der Waals surface area (Å²) in [6.45, 7) is 0.538. The summed E-state index contributed by atoms with van der Waals surface area (Å²) in [5.74, 6) is 0.803. The van der Waals surface area contributed by atoms with Gasteiger partial charge in [0, 0.05) is 13.2 Å². The SMILES string of the molecule is N#Cc1ccccc1OCc1ccc(C(=O)NCCCO)o1. The minimum absolute atomic E-state index is 0.0236. The normalized spacial score (nSPS) is 10.0. The predicted molar refractivity (Wildman–Crippen MR) is 78.2 cm³/mol. The average Bonchev–Trinajstić information content (AvgIpc) is 3.02. The highest BCUT2D eigenvalue weighted by atomic mass is 16.5. The molecule has 6 heteroatoms. The summed E-state index contributed by atoms with van der Waals surface area (Å²) in [6, 6.07) is 12.1. The van der Waals surface area contributed by atoms with Crippen LogP contribution in [0.4, 0.5) is 0 Å². The summed E-state index contributed by atoms with van der Waals surface area (Å²) >= 11 is 0. The monoisotopic (exact) mass is 300 g/mol. The van der Waals surface area contributed by atoms with Gasteiger partial charge in [0.2, 0.25) is 0 Å². The zero-order chi connectivity index (χ0) is 15.8. The van der Waals surface area contributed by atoms with Gasteiger partial charge >= 0.3 is 0 Å². The zero-order valence-corrected chi connectivity index (χ0v) is 11.9. The van der Waals surface area contributed by atoms with E-state index in [1.165, 1.54) is 0 Å². The highest BCUT2D eigenvalue weighted by Crippen LogP contribution is 2.19. The highest BCUT2D eigenvalue weighted by molar-refractivity contribution is 5.91. The van der Waals surface area contributed by atoms with E-state index in [9.17, 15) is 4.79 Å². The summed E-state index contributed by atoms with van der Waals surface area (Å²) < 4.78 is 10.9. The second kappa shape index (κ2) is 7.86. The third kappa shape index (κ3) is 4.11. The molecule has 1 amide bonds. The largest absolute Gasteiger partial charge is 0.484 e. The van der Waals surface area contributed by atoms with Crippen molar-refractivity contribution in [1.29, 1.82) is 5.26 Å². The quantitative estimate of drug-likeness (QED) is 0.761. The number of hydrogen-bond donors (Lipinski definition) is 2. The molecule has 0 aliphatic heterocycles. The number of aliphatic hydroxyl groups excluding tert-OH is 1. The maximum atomic E-state index is 11.7. The van der Waals surface area contributed by atoms with E-state index in [2.05, 4.69) is 5.32 Å². The van der Waals surface area contributed by atoms with Crippen LogP contribution in [0.25, 0.3) is 0 Å². The number of carbonyl (C=O) groups is 1. The molecule has 1 aromatic carbocycles. The van der Waals surface area contributed by atoms with Crippen molar-refractivity contribution in [3.05, 3.63) is 53.5 Å². The van der Waals surface area contributed by atoms with Crippen LogP contribution in [0.15, 0.2) is 40.8 Å². The summed E-state index contributed by atoms with van der Waals surface area (Å²) in [5, 5.41) is 20.3. The van der Waals surface area contributed by atoms with Gasteiger partial charge < -0.3 is 19.6 Å². The molecule has 0 saturated heterocycles. The molecule has 114 valence electrons. The van der Waals surface area contributed by atoms with Crippen molar-refractivity contribution in [2.45, 2.75) is 13.0 Å².